The fourth-order valence-corrected chi connectivity index (χ4v) is 2.92. The van der Waals surface area contributed by atoms with E-state index in [-0.39, 0.29) is 17.0 Å². The van der Waals surface area contributed by atoms with Crippen LogP contribution in [0, 0.1) is 0 Å². The summed E-state index contributed by atoms with van der Waals surface area (Å²) in [4.78, 5) is 17.5. The van der Waals surface area contributed by atoms with E-state index in [4.69, 9.17) is 9.57 Å². The highest BCUT2D eigenvalue weighted by Crippen LogP contribution is 2.38. The molecule has 4 heteroatoms. The molecule has 0 bridgehead atoms. The summed E-state index contributed by atoms with van der Waals surface area (Å²) in [5.41, 5.74) is -0.428. The number of piperidine rings is 1. The van der Waals surface area contributed by atoms with Gasteiger partial charge in [-0.15, -0.1) is 0 Å². The molecular formula is C17H31NO3. The first-order chi connectivity index (χ1) is 9.44. The van der Waals surface area contributed by atoms with Crippen molar-refractivity contribution in [3.8, 4) is 0 Å². The first-order valence-corrected chi connectivity index (χ1v) is 7.77. The van der Waals surface area contributed by atoms with Gasteiger partial charge < -0.3 is 4.74 Å². The molecule has 1 aliphatic heterocycles. The number of ether oxygens (including phenoxy) is 1. The normalized spacial score (nSPS) is 22.4. The molecule has 0 spiro atoms. The van der Waals surface area contributed by atoms with E-state index in [1.807, 2.05) is 20.8 Å². The second kappa shape index (κ2) is 6.49. The highest BCUT2D eigenvalue weighted by molar-refractivity contribution is 5.82. The zero-order valence-electron chi connectivity index (χ0n) is 14.7. The van der Waals surface area contributed by atoms with Crippen LogP contribution in [0.2, 0.25) is 0 Å². The minimum atomic E-state index is -0.459. The molecule has 0 amide bonds. The molecular weight excluding hydrogens is 266 g/mol. The quantitative estimate of drug-likeness (QED) is 0.583. The van der Waals surface area contributed by atoms with Gasteiger partial charge in [0.15, 0.2) is 0 Å². The number of hydroxylamine groups is 2. The van der Waals surface area contributed by atoms with E-state index in [2.05, 4.69) is 32.8 Å². The standard InChI is InChI=1S/C17H31NO3/c1-15(2,3)21-14(19)10-8-13-20-18-16(4,5)11-9-12-17(18,6)7/h8,10H,9,11-13H2,1-7H3/b10-8+. The molecule has 0 aromatic heterocycles. The van der Waals surface area contributed by atoms with Crippen molar-refractivity contribution in [3.63, 3.8) is 0 Å². The molecule has 0 aromatic carbocycles. The third-order valence-corrected chi connectivity index (χ3v) is 3.64. The van der Waals surface area contributed by atoms with Crippen LogP contribution in [0.15, 0.2) is 12.2 Å². The number of carbonyl (C=O) groups excluding carboxylic acids is 1. The molecule has 4 nitrogen and oxygen atoms in total. The lowest BCUT2D eigenvalue weighted by molar-refractivity contribution is -0.274. The van der Waals surface area contributed by atoms with Crippen molar-refractivity contribution in [2.75, 3.05) is 6.61 Å². The van der Waals surface area contributed by atoms with Gasteiger partial charge >= 0.3 is 5.97 Å². The predicted octanol–water partition coefficient (Wildman–Crippen LogP) is 3.86. The average molecular weight is 297 g/mol. The Hall–Kier alpha value is -0.870. The Morgan fingerprint density at radius 1 is 1.14 bits per heavy atom. The topological polar surface area (TPSA) is 38.8 Å². The molecule has 0 unspecified atom stereocenters. The molecule has 0 radical (unpaired) electrons. The molecule has 1 heterocycles. The monoisotopic (exact) mass is 297 g/mol. The molecule has 1 rings (SSSR count). The fourth-order valence-electron chi connectivity index (χ4n) is 2.92. The first-order valence-electron chi connectivity index (χ1n) is 7.77. The van der Waals surface area contributed by atoms with Crippen molar-refractivity contribution in [1.82, 2.24) is 5.06 Å². The average Bonchev–Trinajstić information content (AvgIpc) is 2.23. The van der Waals surface area contributed by atoms with Crippen LogP contribution in [0.4, 0.5) is 0 Å². The van der Waals surface area contributed by atoms with Gasteiger partial charge in [0.1, 0.15) is 5.60 Å². The van der Waals surface area contributed by atoms with Crippen molar-refractivity contribution in [1.29, 1.82) is 0 Å². The van der Waals surface area contributed by atoms with E-state index < -0.39 is 5.60 Å². The van der Waals surface area contributed by atoms with E-state index in [9.17, 15) is 4.79 Å². The minimum Gasteiger partial charge on any atom is -0.457 e. The zero-order valence-corrected chi connectivity index (χ0v) is 14.7. The summed E-state index contributed by atoms with van der Waals surface area (Å²) in [6, 6.07) is 0. The van der Waals surface area contributed by atoms with Crippen LogP contribution in [0.3, 0.4) is 0 Å². The van der Waals surface area contributed by atoms with Gasteiger partial charge in [-0.2, -0.15) is 5.06 Å². The summed E-state index contributed by atoms with van der Waals surface area (Å²) in [5.74, 6) is -0.330. The molecule has 0 aromatic rings. The van der Waals surface area contributed by atoms with E-state index >= 15 is 0 Å². The highest BCUT2D eigenvalue weighted by atomic mass is 16.7. The Labute approximate surface area is 129 Å². The molecule has 0 aliphatic carbocycles. The maximum absolute atomic E-state index is 11.6. The van der Waals surface area contributed by atoms with Crippen LogP contribution >= 0.6 is 0 Å². The van der Waals surface area contributed by atoms with Crippen LogP contribution in [-0.4, -0.2) is 34.3 Å². The van der Waals surface area contributed by atoms with Crippen molar-refractivity contribution >= 4 is 5.97 Å². The highest BCUT2D eigenvalue weighted by Gasteiger charge is 2.42. The summed E-state index contributed by atoms with van der Waals surface area (Å²) in [5, 5.41) is 2.09. The van der Waals surface area contributed by atoms with Gasteiger partial charge in [0.05, 0.1) is 6.61 Å². The number of carbonyl (C=O) groups is 1. The summed E-state index contributed by atoms with van der Waals surface area (Å²) < 4.78 is 5.22. The van der Waals surface area contributed by atoms with Gasteiger partial charge in [-0.3, -0.25) is 4.84 Å². The van der Waals surface area contributed by atoms with Crippen LogP contribution in [0.25, 0.3) is 0 Å². The lowest BCUT2D eigenvalue weighted by Gasteiger charge is -2.51. The maximum Gasteiger partial charge on any atom is 0.331 e. The summed E-state index contributed by atoms with van der Waals surface area (Å²) >= 11 is 0. The van der Waals surface area contributed by atoms with Gasteiger partial charge in [-0.05, 0) is 73.8 Å². The van der Waals surface area contributed by atoms with Crippen molar-refractivity contribution in [2.24, 2.45) is 0 Å². The first kappa shape index (κ1) is 18.2. The largest absolute Gasteiger partial charge is 0.457 e. The van der Waals surface area contributed by atoms with Crippen LogP contribution in [-0.2, 0) is 14.4 Å². The van der Waals surface area contributed by atoms with Crippen LogP contribution < -0.4 is 0 Å². The van der Waals surface area contributed by atoms with Crippen molar-refractivity contribution < 1.29 is 14.4 Å². The lowest BCUT2D eigenvalue weighted by Crippen LogP contribution is -2.58. The molecule has 1 fully saturated rings. The number of hydrogen-bond donors (Lipinski definition) is 0. The van der Waals surface area contributed by atoms with Gasteiger partial charge in [-0.25, -0.2) is 4.79 Å². The van der Waals surface area contributed by atoms with Gasteiger partial charge in [0, 0.05) is 17.2 Å². The summed E-state index contributed by atoms with van der Waals surface area (Å²) in [6.45, 7) is 14.7. The second-order valence-electron chi connectivity index (χ2n) is 8.00. The van der Waals surface area contributed by atoms with Crippen LogP contribution in [0.1, 0.15) is 67.7 Å². The number of rotatable bonds is 4. The zero-order chi connectivity index (χ0) is 16.3. The number of nitrogens with zero attached hydrogens (tertiary/aromatic N) is 1. The van der Waals surface area contributed by atoms with Gasteiger partial charge in [0.25, 0.3) is 0 Å². The molecule has 0 atom stereocenters. The van der Waals surface area contributed by atoms with E-state index in [0.717, 1.165) is 12.8 Å². The Morgan fingerprint density at radius 3 is 2.14 bits per heavy atom. The third kappa shape index (κ3) is 5.79. The van der Waals surface area contributed by atoms with Crippen molar-refractivity contribution in [2.45, 2.75) is 84.4 Å². The second-order valence-corrected chi connectivity index (χ2v) is 8.00. The smallest absolute Gasteiger partial charge is 0.331 e. The summed E-state index contributed by atoms with van der Waals surface area (Å²) in [7, 11) is 0. The van der Waals surface area contributed by atoms with Crippen LogP contribution in [0.5, 0.6) is 0 Å². The minimum absolute atomic E-state index is 0.0154. The SMILES string of the molecule is CC(C)(C)OC(=O)/C=C/CON1C(C)(C)CCCC1(C)C. The summed E-state index contributed by atoms with van der Waals surface area (Å²) in [6.07, 6.45) is 6.61. The van der Waals surface area contributed by atoms with Crippen molar-refractivity contribution in [3.05, 3.63) is 12.2 Å². The number of esters is 1. The molecule has 0 N–H and O–H groups in total. The third-order valence-electron chi connectivity index (χ3n) is 3.64. The molecule has 0 saturated carbocycles. The molecule has 122 valence electrons. The predicted molar refractivity (Wildman–Crippen MR) is 84.8 cm³/mol. The van der Waals surface area contributed by atoms with Gasteiger partial charge in [-0.1, -0.05) is 0 Å². The molecule has 1 aliphatic rings. The molecule has 1 saturated heterocycles. The Bertz CT molecular complexity index is 375. The fraction of sp³-hybridized carbons (Fsp3) is 0.824. The lowest BCUT2D eigenvalue weighted by atomic mass is 9.82. The Balaban J connectivity index is 2.52. The van der Waals surface area contributed by atoms with E-state index in [0.29, 0.717) is 6.61 Å². The van der Waals surface area contributed by atoms with E-state index in [1.54, 1.807) is 6.08 Å². The maximum atomic E-state index is 11.6. The van der Waals surface area contributed by atoms with Gasteiger partial charge in [0.2, 0.25) is 0 Å². The van der Waals surface area contributed by atoms with E-state index in [1.165, 1.54) is 12.5 Å². The Morgan fingerprint density at radius 2 is 1.67 bits per heavy atom. The Kier molecular flexibility index (Phi) is 5.62. The number of hydrogen-bond acceptors (Lipinski definition) is 4. The molecule has 21 heavy (non-hydrogen) atoms.